The molecule has 0 unspecified atom stereocenters. The van der Waals surface area contributed by atoms with Gasteiger partial charge in [0.2, 0.25) is 5.96 Å². The second-order valence-corrected chi connectivity index (χ2v) is 6.31. The number of nitrogens with zero attached hydrogens (tertiary/aromatic N) is 2. The predicted molar refractivity (Wildman–Crippen MR) is 102 cm³/mol. The van der Waals surface area contributed by atoms with Crippen LogP contribution in [0.15, 0.2) is 61.9 Å². The molecule has 2 heterocycles. The molecule has 1 aliphatic heterocycles. The highest BCUT2D eigenvalue weighted by atomic mass is 35.5. The molecule has 28 heavy (non-hydrogen) atoms. The molecule has 3 aromatic rings. The molecule has 4 rings (SSSR count). The van der Waals surface area contributed by atoms with Crippen molar-refractivity contribution in [2.75, 3.05) is 5.32 Å². The van der Waals surface area contributed by atoms with Crippen LogP contribution in [0.25, 0.3) is 11.0 Å². The van der Waals surface area contributed by atoms with Gasteiger partial charge in [0.1, 0.15) is 23.5 Å². The van der Waals surface area contributed by atoms with Crippen LogP contribution in [0.4, 0.5) is 14.5 Å². The molecule has 0 saturated carbocycles. The van der Waals surface area contributed by atoms with Crippen LogP contribution in [0.3, 0.4) is 0 Å². The third kappa shape index (κ3) is 3.39. The predicted octanol–water partition coefficient (Wildman–Crippen LogP) is 3.11. The largest absolute Gasteiger partial charge is 0.464 e. The average Bonchev–Trinajstić information content (AvgIpc) is 2.65. The molecule has 4 N–H and O–H groups in total. The number of hydrogen-bond donors (Lipinski definition) is 3. The normalized spacial score (nSPS) is 16.3. The van der Waals surface area contributed by atoms with Gasteiger partial charge in [0.05, 0.1) is 16.0 Å². The van der Waals surface area contributed by atoms with E-state index >= 15 is 0 Å². The lowest BCUT2D eigenvalue weighted by Crippen LogP contribution is -2.44. The molecule has 0 fully saturated rings. The fraction of sp³-hybridized carbons (Fsp3) is 0.0556. The van der Waals surface area contributed by atoms with E-state index in [0.717, 1.165) is 6.07 Å². The van der Waals surface area contributed by atoms with Gasteiger partial charge in [0.25, 0.3) is 0 Å². The third-order valence-corrected chi connectivity index (χ3v) is 4.27. The Hall–Kier alpha value is -3.46. The summed E-state index contributed by atoms with van der Waals surface area (Å²) in [5.41, 5.74) is 6.08. The number of anilines is 1. The van der Waals surface area contributed by atoms with Crippen molar-refractivity contribution in [2.45, 2.75) is 6.17 Å². The van der Waals surface area contributed by atoms with Crippen LogP contribution in [-0.2, 0) is 0 Å². The maximum Gasteiger partial charge on any atom is 0.205 e. The Morgan fingerprint density at radius 3 is 2.79 bits per heavy atom. The van der Waals surface area contributed by atoms with Gasteiger partial charge in [-0.1, -0.05) is 11.6 Å². The zero-order chi connectivity index (χ0) is 19.8. The van der Waals surface area contributed by atoms with Crippen LogP contribution in [0.2, 0.25) is 5.02 Å². The van der Waals surface area contributed by atoms with Crippen LogP contribution in [0, 0.1) is 11.6 Å². The number of rotatable bonds is 2. The number of aliphatic imine (C=N–C) groups is 2. The van der Waals surface area contributed by atoms with Crippen molar-refractivity contribution in [1.29, 1.82) is 0 Å². The molecule has 7 nitrogen and oxygen atoms in total. The zero-order valence-corrected chi connectivity index (χ0v) is 14.8. The van der Waals surface area contributed by atoms with E-state index in [2.05, 4.69) is 20.6 Å². The fourth-order valence-corrected chi connectivity index (χ4v) is 2.86. The molecule has 0 saturated heterocycles. The lowest BCUT2D eigenvalue weighted by molar-refractivity contribution is 0.575. The summed E-state index contributed by atoms with van der Waals surface area (Å²) in [4.78, 5) is 21.1. The Balaban J connectivity index is 1.71. The molecule has 0 amide bonds. The standard InChI is InChI=1S/C18H12ClF2N5O2/c19-12-6-9(2-3-13(12)21)23-18-25-16(24-17(22)26-18)11-7-28-14-4-1-8(20)5-10(14)15(11)27/h1-7,16H,(H4,22,23,24,25,26)/t16-/m1/s1. The monoisotopic (exact) mass is 403 g/mol. The summed E-state index contributed by atoms with van der Waals surface area (Å²) in [6.45, 7) is 0. The summed E-state index contributed by atoms with van der Waals surface area (Å²) in [5, 5.41) is 5.58. The maximum absolute atomic E-state index is 13.5. The molecule has 1 aliphatic rings. The van der Waals surface area contributed by atoms with Gasteiger partial charge >= 0.3 is 0 Å². The minimum atomic E-state index is -1.01. The Bertz CT molecular complexity index is 1210. The Morgan fingerprint density at radius 2 is 2.00 bits per heavy atom. The molecule has 2 aromatic carbocycles. The number of hydrogen-bond acceptors (Lipinski definition) is 7. The summed E-state index contributed by atoms with van der Waals surface area (Å²) in [5.74, 6) is -0.969. The number of benzene rings is 2. The van der Waals surface area contributed by atoms with Crippen LogP contribution in [0.5, 0.6) is 0 Å². The van der Waals surface area contributed by atoms with Crippen molar-refractivity contribution in [3.05, 3.63) is 75.1 Å². The fourth-order valence-electron chi connectivity index (χ4n) is 2.68. The van der Waals surface area contributed by atoms with Gasteiger partial charge in [0.15, 0.2) is 17.6 Å². The molecule has 10 heteroatoms. The van der Waals surface area contributed by atoms with E-state index < -0.39 is 23.2 Å². The van der Waals surface area contributed by atoms with E-state index in [1.165, 1.54) is 36.6 Å². The van der Waals surface area contributed by atoms with Crippen LogP contribution < -0.4 is 21.8 Å². The second-order valence-electron chi connectivity index (χ2n) is 5.91. The topological polar surface area (TPSA) is 105 Å². The SMILES string of the molecule is NC1=N[C@@H](c2coc3ccc(F)cc3c2=O)N=C(Nc2ccc(F)c(Cl)c2)N1. The van der Waals surface area contributed by atoms with Gasteiger partial charge < -0.3 is 15.5 Å². The van der Waals surface area contributed by atoms with E-state index in [1.807, 2.05) is 0 Å². The van der Waals surface area contributed by atoms with Crippen LogP contribution in [0.1, 0.15) is 11.7 Å². The first-order valence-corrected chi connectivity index (χ1v) is 8.39. The van der Waals surface area contributed by atoms with Gasteiger partial charge in [-0.15, -0.1) is 0 Å². The Morgan fingerprint density at radius 1 is 1.18 bits per heavy atom. The molecule has 1 aromatic heterocycles. The number of nitrogens with one attached hydrogen (secondary N) is 2. The molecule has 0 aliphatic carbocycles. The first kappa shape index (κ1) is 17.9. The van der Waals surface area contributed by atoms with Crippen LogP contribution in [-0.4, -0.2) is 11.9 Å². The quantitative estimate of drug-likeness (QED) is 0.609. The van der Waals surface area contributed by atoms with Crippen molar-refractivity contribution in [2.24, 2.45) is 15.7 Å². The Labute approximate surface area is 161 Å². The maximum atomic E-state index is 13.5. The Kier molecular flexibility index (Phi) is 4.44. The summed E-state index contributed by atoms with van der Waals surface area (Å²) < 4.78 is 32.2. The van der Waals surface area contributed by atoms with Crippen molar-refractivity contribution in [3.63, 3.8) is 0 Å². The minimum Gasteiger partial charge on any atom is -0.464 e. The van der Waals surface area contributed by atoms with E-state index in [9.17, 15) is 13.6 Å². The smallest absolute Gasteiger partial charge is 0.205 e. The van der Waals surface area contributed by atoms with Gasteiger partial charge in [-0.25, -0.2) is 18.8 Å². The lowest BCUT2D eigenvalue weighted by atomic mass is 10.1. The molecule has 0 radical (unpaired) electrons. The first-order chi connectivity index (χ1) is 13.4. The number of halogens is 3. The third-order valence-electron chi connectivity index (χ3n) is 3.98. The van der Waals surface area contributed by atoms with E-state index in [0.29, 0.717) is 5.69 Å². The highest BCUT2D eigenvalue weighted by Gasteiger charge is 2.22. The molecular weight excluding hydrogens is 392 g/mol. The molecule has 142 valence electrons. The summed E-state index contributed by atoms with van der Waals surface area (Å²) in [6, 6.07) is 7.66. The summed E-state index contributed by atoms with van der Waals surface area (Å²) in [6.07, 6.45) is 0.203. The van der Waals surface area contributed by atoms with Gasteiger partial charge in [0, 0.05) is 5.69 Å². The molecule has 1 atom stereocenters. The molecule has 0 bridgehead atoms. The lowest BCUT2D eigenvalue weighted by Gasteiger charge is -2.20. The number of nitrogens with two attached hydrogens (primary N) is 1. The van der Waals surface area contributed by atoms with Crippen LogP contribution >= 0.6 is 11.6 Å². The average molecular weight is 404 g/mol. The van der Waals surface area contributed by atoms with Crippen molar-refractivity contribution in [1.82, 2.24) is 5.32 Å². The summed E-state index contributed by atoms with van der Waals surface area (Å²) >= 11 is 5.77. The van der Waals surface area contributed by atoms with E-state index in [-0.39, 0.29) is 33.5 Å². The van der Waals surface area contributed by atoms with E-state index in [1.54, 1.807) is 0 Å². The number of fused-ring (bicyclic) bond motifs is 1. The van der Waals surface area contributed by atoms with Crippen molar-refractivity contribution < 1.29 is 13.2 Å². The minimum absolute atomic E-state index is 0.00514. The highest BCUT2D eigenvalue weighted by Crippen LogP contribution is 2.23. The van der Waals surface area contributed by atoms with Gasteiger partial charge in [-0.05, 0) is 36.4 Å². The van der Waals surface area contributed by atoms with Gasteiger partial charge in [-0.3, -0.25) is 10.1 Å². The second kappa shape index (κ2) is 6.93. The summed E-state index contributed by atoms with van der Waals surface area (Å²) in [7, 11) is 0. The zero-order valence-electron chi connectivity index (χ0n) is 14.0. The van der Waals surface area contributed by atoms with Crippen molar-refractivity contribution in [3.8, 4) is 0 Å². The van der Waals surface area contributed by atoms with E-state index in [4.69, 9.17) is 21.8 Å². The van der Waals surface area contributed by atoms with Crippen molar-refractivity contribution >= 4 is 40.2 Å². The molecular formula is C18H12ClF2N5O2. The molecule has 0 spiro atoms. The van der Waals surface area contributed by atoms with Gasteiger partial charge in [-0.2, -0.15) is 0 Å². The number of guanidine groups is 2. The first-order valence-electron chi connectivity index (χ1n) is 8.02. The highest BCUT2D eigenvalue weighted by molar-refractivity contribution is 6.31.